The van der Waals surface area contributed by atoms with Crippen LogP contribution in [0.15, 0.2) is 47.1 Å². The van der Waals surface area contributed by atoms with E-state index < -0.39 is 0 Å². The van der Waals surface area contributed by atoms with Crippen LogP contribution in [0.2, 0.25) is 0 Å². The Morgan fingerprint density at radius 3 is 2.80 bits per heavy atom. The fraction of sp³-hybridized carbons (Fsp3) is 0. The van der Waals surface area contributed by atoms with Gasteiger partial charge in [-0.25, -0.2) is 0 Å². The molecule has 0 spiro atoms. The molecule has 1 aromatic carbocycles. The lowest BCUT2D eigenvalue weighted by molar-refractivity contribution is 0.575. The van der Waals surface area contributed by atoms with Crippen molar-refractivity contribution < 1.29 is 4.42 Å². The first-order chi connectivity index (χ1) is 9.83. The van der Waals surface area contributed by atoms with Gasteiger partial charge in [0.1, 0.15) is 5.01 Å². The molecule has 0 fully saturated rings. The molecule has 5 nitrogen and oxygen atoms in total. The molecule has 0 atom stereocenters. The van der Waals surface area contributed by atoms with Crippen molar-refractivity contribution in [2.45, 2.75) is 0 Å². The lowest BCUT2D eigenvalue weighted by Gasteiger charge is -1.98. The van der Waals surface area contributed by atoms with Gasteiger partial charge in [0.25, 0.3) is 0 Å². The molecule has 0 saturated carbocycles. The largest absolute Gasteiger partial charge is 0.461 e. The Hall–Kier alpha value is -1.74. The molecule has 0 aliphatic carbocycles. The van der Waals surface area contributed by atoms with Crippen LogP contribution in [0, 0.1) is 3.57 Å². The van der Waals surface area contributed by atoms with Crippen LogP contribution in [0.4, 0.5) is 0 Å². The van der Waals surface area contributed by atoms with Crippen LogP contribution in [0.1, 0.15) is 0 Å². The maximum absolute atomic E-state index is 5.36. The van der Waals surface area contributed by atoms with Gasteiger partial charge in [-0.05, 0) is 40.8 Å². The monoisotopic (exact) mass is 394 g/mol. The van der Waals surface area contributed by atoms with Gasteiger partial charge in [0.15, 0.2) is 5.76 Å². The van der Waals surface area contributed by atoms with E-state index in [0.717, 1.165) is 19.1 Å². The zero-order valence-corrected chi connectivity index (χ0v) is 13.0. The van der Waals surface area contributed by atoms with Crippen molar-refractivity contribution in [3.05, 3.63) is 46.2 Å². The molecule has 20 heavy (non-hydrogen) atoms. The first-order valence-corrected chi connectivity index (χ1v) is 7.73. The molecular formula is C13H7IN4OS. The number of halogens is 1. The summed E-state index contributed by atoms with van der Waals surface area (Å²) in [5.41, 5.74) is 1.11. The Morgan fingerprint density at radius 1 is 1.10 bits per heavy atom. The second-order valence-electron chi connectivity index (χ2n) is 4.08. The van der Waals surface area contributed by atoms with Crippen molar-refractivity contribution >= 4 is 38.9 Å². The summed E-state index contributed by atoms with van der Waals surface area (Å²) in [6, 6.07) is 11.8. The highest BCUT2D eigenvalue weighted by atomic mass is 127. The highest BCUT2D eigenvalue weighted by Crippen LogP contribution is 2.30. The van der Waals surface area contributed by atoms with Crippen molar-refractivity contribution in [2.24, 2.45) is 0 Å². The highest BCUT2D eigenvalue weighted by Gasteiger charge is 2.16. The molecule has 0 bridgehead atoms. The minimum absolute atomic E-state index is 0.624. The summed E-state index contributed by atoms with van der Waals surface area (Å²) < 4.78 is 8.25. The van der Waals surface area contributed by atoms with E-state index in [1.807, 2.05) is 24.3 Å². The molecule has 4 rings (SSSR count). The molecule has 98 valence electrons. The minimum atomic E-state index is 0.624. The van der Waals surface area contributed by atoms with Crippen molar-refractivity contribution in [2.75, 3.05) is 0 Å². The van der Waals surface area contributed by atoms with E-state index in [9.17, 15) is 0 Å². The lowest BCUT2D eigenvalue weighted by Crippen LogP contribution is -1.90. The lowest BCUT2D eigenvalue weighted by atomic mass is 10.2. The summed E-state index contributed by atoms with van der Waals surface area (Å²) in [5, 5.41) is 13.8. The quantitative estimate of drug-likeness (QED) is 0.487. The van der Waals surface area contributed by atoms with Crippen LogP contribution in [-0.2, 0) is 0 Å². The third kappa shape index (κ3) is 1.85. The average Bonchev–Trinajstić information content (AvgIpc) is 3.14. The number of fused-ring (bicyclic) bond motifs is 1. The summed E-state index contributed by atoms with van der Waals surface area (Å²) in [6.45, 7) is 0. The molecule has 3 aromatic heterocycles. The normalized spacial score (nSPS) is 11.2. The Morgan fingerprint density at radius 2 is 2.00 bits per heavy atom. The predicted molar refractivity (Wildman–Crippen MR) is 84.5 cm³/mol. The van der Waals surface area contributed by atoms with Gasteiger partial charge in [0.05, 0.1) is 6.26 Å². The summed E-state index contributed by atoms with van der Waals surface area (Å²) in [5.74, 6) is 1.29. The molecule has 0 unspecified atom stereocenters. The van der Waals surface area contributed by atoms with Gasteiger partial charge in [-0.2, -0.15) is 9.61 Å². The third-order valence-corrected chi connectivity index (χ3v) is 4.71. The molecule has 0 aliphatic rings. The highest BCUT2D eigenvalue weighted by molar-refractivity contribution is 14.1. The van der Waals surface area contributed by atoms with E-state index in [1.54, 1.807) is 10.8 Å². The zero-order chi connectivity index (χ0) is 13.5. The second kappa shape index (κ2) is 4.67. The number of aromatic nitrogens is 4. The van der Waals surface area contributed by atoms with E-state index >= 15 is 0 Å². The smallest absolute Gasteiger partial charge is 0.235 e. The Bertz CT molecular complexity index is 881. The van der Waals surface area contributed by atoms with Crippen molar-refractivity contribution in [3.63, 3.8) is 0 Å². The molecule has 0 amide bonds. The first kappa shape index (κ1) is 12.0. The molecule has 0 radical (unpaired) electrons. The fourth-order valence-electron chi connectivity index (χ4n) is 1.92. The number of rotatable bonds is 2. The number of furan rings is 1. The fourth-order valence-corrected chi connectivity index (χ4v) is 3.62. The summed E-state index contributed by atoms with van der Waals surface area (Å²) in [6.07, 6.45) is 1.61. The SMILES string of the molecule is Ic1ccccc1-c1nn2c(-c3ccco3)nnc2s1. The van der Waals surface area contributed by atoms with Crippen molar-refractivity contribution in [3.8, 4) is 22.2 Å². The van der Waals surface area contributed by atoms with Gasteiger partial charge < -0.3 is 4.42 Å². The zero-order valence-electron chi connectivity index (χ0n) is 10.0. The molecule has 7 heteroatoms. The van der Waals surface area contributed by atoms with Gasteiger partial charge in [-0.15, -0.1) is 10.2 Å². The standard InChI is InChI=1S/C13H7IN4OS/c14-9-5-2-1-4-8(9)12-17-18-11(10-6-3-7-19-10)15-16-13(18)20-12/h1-7H. The molecule has 0 N–H and O–H groups in total. The van der Waals surface area contributed by atoms with Gasteiger partial charge in [-0.1, -0.05) is 29.5 Å². The number of hydrogen-bond acceptors (Lipinski definition) is 5. The predicted octanol–water partition coefficient (Wildman–Crippen LogP) is 3.72. The maximum atomic E-state index is 5.36. The maximum Gasteiger partial charge on any atom is 0.235 e. The number of hydrogen-bond donors (Lipinski definition) is 0. The minimum Gasteiger partial charge on any atom is -0.461 e. The van der Waals surface area contributed by atoms with Crippen molar-refractivity contribution in [1.82, 2.24) is 19.8 Å². The molecule has 0 aliphatic heterocycles. The van der Waals surface area contributed by atoms with Crippen molar-refractivity contribution in [1.29, 1.82) is 0 Å². The third-order valence-electron chi connectivity index (χ3n) is 2.84. The molecule has 0 saturated heterocycles. The van der Waals surface area contributed by atoms with E-state index in [0.29, 0.717) is 11.6 Å². The van der Waals surface area contributed by atoms with Crippen LogP contribution in [0.25, 0.3) is 27.1 Å². The topological polar surface area (TPSA) is 56.2 Å². The molecule has 4 aromatic rings. The van der Waals surface area contributed by atoms with Gasteiger partial charge in [0.2, 0.25) is 10.8 Å². The summed E-state index contributed by atoms with van der Waals surface area (Å²) >= 11 is 3.82. The van der Waals surface area contributed by atoms with E-state index in [1.165, 1.54) is 11.3 Å². The van der Waals surface area contributed by atoms with Crippen LogP contribution in [-0.4, -0.2) is 19.8 Å². The summed E-state index contributed by atoms with van der Waals surface area (Å²) in [7, 11) is 0. The van der Waals surface area contributed by atoms with Crippen LogP contribution >= 0.6 is 33.9 Å². The molecule has 3 heterocycles. The van der Waals surface area contributed by atoms with Crippen LogP contribution in [0.5, 0.6) is 0 Å². The van der Waals surface area contributed by atoms with Gasteiger partial charge >= 0.3 is 0 Å². The van der Waals surface area contributed by atoms with Gasteiger partial charge in [-0.3, -0.25) is 0 Å². The first-order valence-electron chi connectivity index (χ1n) is 5.84. The van der Waals surface area contributed by atoms with Gasteiger partial charge in [0, 0.05) is 9.13 Å². The number of nitrogens with zero attached hydrogens (tertiary/aromatic N) is 4. The number of benzene rings is 1. The second-order valence-corrected chi connectivity index (χ2v) is 6.20. The van der Waals surface area contributed by atoms with E-state index in [-0.39, 0.29) is 0 Å². The van der Waals surface area contributed by atoms with Crippen LogP contribution in [0.3, 0.4) is 0 Å². The summed E-state index contributed by atoms with van der Waals surface area (Å²) in [4.78, 5) is 0.756. The van der Waals surface area contributed by atoms with E-state index in [4.69, 9.17) is 4.42 Å². The Balaban J connectivity index is 1.91. The van der Waals surface area contributed by atoms with Crippen LogP contribution < -0.4 is 0 Å². The Kier molecular flexibility index (Phi) is 2.81. The Labute approximate surface area is 131 Å². The molecular weight excluding hydrogens is 387 g/mol. The average molecular weight is 394 g/mol. The van der Waals surface area contributed by atoms with E-state index in [2.05, 4.69) is 50.0 Å².